The fourth-order valence-electron chi connectivity index (χ4n) is 16.8. The number of carbonyl (C=O) groups excluding carboxylic acids is 5. The highest BCUT2D eigenvalue weighted by Gasteiger charge is 2.41. The summed E-state index contributed by atoms with van der Waals surface area (Å²) in [5, 5.41) is 40.0. The predicted octanol–water partition coefficient (Wildman–Crippen LogP) is 11.1. The van der Waals surface area contributed by atoms with Gasteiger partial charge >= 0.3 is 10.4 Å². The van der Waals surface area contributed by atoms with Crippen LogP contribution >= 0.6 is 0 Å². The predicted molar refractivity (Wildman–Crippen MR) is 470 cm³/mol. The van der Waals surface area contributed by atoms with Crippen molar-refractivity contribution in [1.29, 1.82) is 0 Å². The van der Waals surface area contributed by atoms with Gasteiger partial charge in [-0.2, -0.15) is 0 Å². The van der Waals surface area contributed by atoms with E-state index in [9.17, 15) is 47.7 Å². The average molecular weight is 1760 g/mol. The molecule has 8 aromatic rings. The minimum atomic E-state index is -5.04. The molecule has 0 spiro atoms. The fourth-order valence-corrected chi connectivity index (χ4v) is 17.5. The molecule has 5 amide bonds. The molecule has 0 saturated carbocycles. The van der Waals surface area contributed by atoms with Crippen molar-refractivity contribution >= 4 is 63.7 Å². The third-order valence-corrected chi connectivity index (χ3v) is 23.7. The van der Waals surface area contributed by atoms with Gasteiger partial charge in [0.2, 0.25) is 6.29 Å². The molecule has 31 nitrogen and oxygen atoms in total. The number of hydrogen-bond donors (Lipinski definition) is 3. The van der Waals surface area contributed by atoms with Gasteiger partial charge in [0.05, 0.1) is 121 Å². The molecule has 6 atom stereocenters. The lowest BCUT2D eigenvalue weighted by molar-refractivity contribution is -0.916. The molecule has 6 aliphatic heterocycles. The van der Waals surface area contributed by atoms with Gasteiger partial charge in [-0.25, -0.2) is 0 Å². The molecule has 0 radical (unpaired) electrons. The Morgan fingerprint density at radius 2 is 1.09 bits per heavy atom. The summed E-state index contributed by atoms with van der Waals surface area (Å²) >= 11 is 0. The van der Waals surface area contributed by atoms with Crippen molar-refractivity contribution in [3.05, 3.63) is 219 Å². The maximum absolute atomic E-state index is 14.4. The Morgan fingerprint density at radius 3 is 1.65 bits per heavy atom. The molecule has 3 N–H and O–H groups in total. The van der Waals surface area contributed by atoms with Gasteiger partial charge in [0, 0.05) is 121 Å². The maximum atomic E-state index is 14.4. The van der Waals surface area contributed by atoms with E-state index in [0.717, 1.165) is 33.4 Å². The van der Waals surface area contributed by atoms with Crippen molar-refractivity contribution in [3.8, 4) is 40.2 Å². The number of quaternary nitrogens is 1. The molecular weight excluding hydrogens is 1650 g/mol. The van der Waals surface area contributed by atoms with Gasteiger partial charge in [0.1, 0.15) is 50.0 Å². The smallest absolute Gasteiger partial charge is 0.493 e. The van der Waals surface area contributed by atoms with Crippen LogP contribution in [-0.2, 0) is 104 Å². The molecule has 7 aromatic carbocycles. The second-order valence-electron chi connectivity index (χ2n) is 37.4. The minimum Gasteiger partial charge on any atom is -0.493 e. The molecule has 14 rings (SSSR count). The van der Waals surface area contributed by atoms with Crippen LogP contribution in [0.25, 0.3) is 0 Å². The van der Waals surface area contributed by atoms with Gasteiger partial charge in [0.15, 0.2) is 34.5 Å². The zero-order chi connectivity index (χ0) is 90.5. The van der Waals surface area contributed by atoms with Crippen LogP contribution in [-0.4, -0.2) is 230 Å². The fraction of sp³-hybridized carbons (Fsp3) is 0.442. The van der Waals surface area contributed by atoms with Crippen molar-refractivity contribution in [2.75, 3.05) is 88.1 Å². The lowest BCUT2D eigenvalue weighted by atomic mass is 9.92. The molecule has 1 fully saturated rings. The van der Waals surface area contributed by atoms with Gasteiger partial charge in [-0.1, -0.05) is 109 Å². The van der Waals surface area contributed by atoms with Crippen molar-refractivity contribution in [3.63, 3.8) is 0 Å². The first-order chi connectivity index (χ1) is 60.4. The van der Waals surface area contributed by atoms with Crippen LogP contribution in [0.3, 0.4) is 0 Å². The summed E-state index contributed by atoms with van der Waals surface area (Å²) in [6.45, 7) is 20.0. The first-order valence-electron chi connectivity index (χ1n) is 42.4. The van der Waals surface area contributed by atoms with Gasteiger partial charge in [-0.15, -0.1) is 13.5 Å². The van der Waals surface area contributed by atoms with Crippen LogP contribution in [0, 0.1) is 21.7 Å². The number of hydrogen-bond acceptors (Lipinski definition) is 25. The van der Waals surface area contributed by atoms with E-state index in [-0.39, 0.29) is 104 Å². The van der Waals surface area contributed by atoms with E-state index in [1.54, 1.807) is 48.1 Å². The number of imide groups is 1. The second kappa shape index (κ2) is 38.2. The topological polar surface area (TPSA) is 350 Å². The Hall–Kier alpha value is -11.5. The third-order valence-electron chi connectivity index (χ3n) is 22.9. The number of methoxy groups -OCH3 is 2. The van der Waals surface area contributed by atoms with Gasteiger partial charge < -0.3 is 85.5 Å². The highest BCUT2D eigenvalue weighted by molar-refractivity contribution is 7.82. The van der Waals surface area contributed by atoms with E-state index in [1.165, 1.54) is 77.6 Å². The Kier molecular flexibility index (Phi) is 27.6. The number of fused-ring (bicyclic) bond motifs is 6. The molecule has 7 heterocycles. The summed E-state index contributed by atoms with van der Waals surface area (Å²) in [4.78, 5) is 83.5. The largest absolute Gasteiger partial charge is 0.501 e. The third kappa shape index (κ3) is 22.9. The lowest BCUT2D eigenvalue weighted by Gasteiger charge is -2.36. The van der Waals surface area contributed by atoms with E-state index < -0.39 is 69.5 Å². The normalized spacial score (nSPS) is 18.8. The zero-order valence-corrected chi connectivity index (χ0v) is 74.9. The highest BCUT2D eigenvalue weighted by Crippen LogP contribution is 2.43. The van der Waals surface area contributed by atoms with Crippen LogP contribution in [0.2, 0.25) is 0 Å². The molecule has 674 valence electrons. The number of aromatic nitrogens is 3. The molecule has 1 aromatic heterocycles. The molecule has 32 heteroatoms. The summed E-state index contributed by atoms with van der Waals surface area (Å²) in [5.41, 5.74) is 8.35. The number of amides is 5. The van der Waals surface area contributed by atoms with Crippen LogP contribution in [0.4, 0.5) is 11.4 Å². The van der Waals surface area contributed by atoms with Crippen molar-refractivity contribution in [1.82, 2.24) is 34.6 Å². The number of ether oxygens (including phenoxy) is 9. The number of benzene rings is 7. The van der Waals surface area contributed by atoms with E-state index in [2.05, 4.69) is 48.7 Å². The Bertz CT molecular complexity index is 5430. The summed E-state index contributed by atoms with van der Waals surface area (Å²) in [6, 6.07) is 39.1. The minimum absolute atomic E-state index is 0.0111. The standard InChI is InChI=1S/C95H113N10O21S/c1-92(2,55-119-56-93(3,4)53-101-45-69(98-99-101)51-118-58-95(7,8)59-120-57-94(5,6)54-104-85(108)28-29-86(104)109)52-100(9)89(111)66-24-27-78(123-87-40-77(107)88(110)84(48-106)124-87)83(35-66)126-127(114,115)125-72-25-22-60(23-26-72)46-105(10,11)47-61-30-62(49-121-81-38-75-73(36-79(81)116-12)90(112)102-43-67-20-16-14-18-64(67)33-70(102)41-96-75)32-63(31-61)50-122-82-39-76-74(37-80(82)117-13)91(113)103-44-68-21-17-15-19-65(68)34-71(103)42-97-76/h14-32,35-39,41-42,45,70-71,77,84,87-88,106-107,110H,33-34,40,43-44,46-59H2,1-13H3/q+1/t70-,71?,77+,84+,87?,88+/m0/s1. The van der Waals surface area contributed by atoms with Crippen molar-refractivity contribution < 1.29 is 103 Å². The number of aliphatic hydroxyl groups is 3. The molecular formula is C95H113N10O21S+. The monoisotopic (exact) mass is 1760 g/mol. The van der Waals surface area contributed by atoms with Gasteiger partial charge in [-0.05, 0) is 119 Å². The number of aliphatic imine (C=N–C) groups is 2. The molecule has 2 unspecified atom stereocenters. The number of aliphatic hydroxyl groups excluding tert-OH is 3. The summed E-state index contributed by atoms with van der Waals surface area (Å²) in [5.74, 6) is -0.809. The van der Waals surface area contributed by atoms with Crippen LogP contribution in [0.5, 0.6) is 40.2 Å². The number of carbonyl (C=O) groups is 5. The average Bonchev–Trinajstić information content (AvgIpc) is 1.69. The quantitative estimate of drug-likeness (QED) is 0.0239. The number of nitrogens with zero attached hydrogens (tertiary/aromatic N) is 10. The Balaban J connectivity index is 0.620. The van der Waals surface area contributed by atoms with Gasteiger partial charge in [0.25, 0.3) is 29.5 Å². The van der Waals surface area contributed by atoms with E-state index in [4.69, 9.17) is 61.0 Å². The Morgan fingerprint density at radius 1 is 0.575 bits per heavy atom. The highest BCUT2D eigenvalue weighted by atomic mass is 32.3. The van der Waals surface area contributed by atoms with Crippen LogP contribution in [0.15, 0.2) is 162 Å². The molecule has 0 aliphatic carbocycles. The first-order valence-corrected chi connectivity index (χ1v) is 43.7. The second-order valence-corrected chi connectivity index (χ2v) is 38.6. The Labute approximate surface area is 740 Å². The van der Waals surface area contributed by atoms with Crippen LogP contribution < -0.4 is 32.1 Å². The van der Waals surface area contributed by atoms with E-state index >= 15 is 0 Å². The van der Waals surface area contributed by atoms with E-state index in [1.807, 2.05) is 126 Å². The SMILES string of the molecule is COc1cc2c(cc1OCc1cc(COc3cc4c(cc3OC)C(=O)N3Cc5ccccc5C[C@H]3C=N4)cc(C[N+](C)(C)Cc3ccc(OS(=O)(=O)Oc4cc(C(=O)N(C)CC(C)(C)COCC(C)(C)Cn5cc(COCC(C)(C)COCC(C)(C)CN6C(=O)C=CC6=O)nn5)ccc4OC4C[C@@H](O)[C@@H](O)[C@@H](CO)O4)cc3)c1)N=CC1Cc3ccccc3CN1C2=O. The lowest BCUT2D eigenvalue weighted by Crippen LogP contribution is -2.51. The summed E-state index contributed by atoms with van der Waals surface area (Å²) < 4.78 is 97.3. The summed E-state index contributed by atoms with van der Waals surface area (Å²) in [6.07, 6.45) is 3.65. The van der Waals surface area contributed by atoms with E-state index in [0.29, 0.717) is 128 Å². The molecule has 1 saturated heterocycles. The van der Waals surface area contributed by atoms with Crippen molar-refractivity contribution in [2.24, 2.45) is 31.6 Å². The molecule has 6 aliphatic rings. The molecule has 0 bridgehead atoms. The van der Waals surface area contributed by atoms with Crippen LogP contribution in [0.1, 0.15) is 143 Å². The summed E-state index contributed by atoms with van der Waals surface area (Å²) in [7, 11) is 3.74. The molecule has 127 heavy (non-hydrogen) atoms. The number of rotatable bonds is 38. The maximum Gasteiger partial charge on any atom is 0.501 e. The van der Waals surface area contributed by atoms with Gasteiger partial charge in [-0.3, -0.25) is 43.5 Å². The zero-order valence-electron chi connectivity index (χ0n) is 74.1. The van der Waals surface area contributed by atoms with Crippen molar-refractivity contribution in [2.45, 2.75) is 164 Å². The first kappa shape index (κ1) is 91.7.